The van der Waals surface area contributed by atoms with Gasteiger partial charge in [0.15, 0.2) is 0 Å². The van der Waals surface area contributed by atoms with Crippen LogP contribution in [0.3, 0.4) is 0 Å². The summed E-state index contributed by atoms with van der Waals surface area (Å²) in [6, 6.07) is -0.779. The highest BCUT2D eigenvalue weighted by molar-refractivity contribution is 7.59. The first kappa shape index (κ1) is 19.6. The minimum absolute atomic E-state index is 0. The summed E-state index contributed by atoms with van der Waals surface area (Å²) in [7, 11) is 1.24. The summed E-state index contributed by atoms with van der Waals surface area (Å²) in [6.07, 6.45) is -0.439. The Morgan fingerprint density at radius 2 is 1.86 bits per heavy atom. The van der Waals surface area contributed by atoms with E-state index in [0.717, 1.165) is 0 Å². The Labute approximate surface area is 131 Å². The van der Waals surface area contributed by atoms with Crippen molar-refractivity contribution in [1.29, 1.82) is 0 Å². The molecule has 1 fully saturated rings. The first-order valence-electron chi connectivity index (χ1n) is 6.43. The number of carboxylic acids is 1. The van der Waals surface area contributed by atoms with Crippen LogP contribution in [-0.4, -0.2) is 53.3 Å². The van der Waals surface area contributed by atoms with Gasteiger partial charge < -0.3 is 14.6 Å². The smallest absolute Gasteiger partial charge is 0.411 e. The lowest BCUT2D eigenvalue weighted by Crippen LogP contribution is -2.43. The summed E-state index contributed by atoms with van der Waals surface area (Å²) < 4.78 is 9.89. The quantitative estimate of drug-likeness (QED) is 0.789. The molecule has 1 saturated heterocycles. The highest BCUT2D eigenvalue weighted by Gasteiger charge is 2.42. The number of carbonyl (C=O) groups is 3. The number of ether oxygens (including phenoxy) is 2. The van der Waals surface area contributed by atoms with Crippen molar-refractivity contribution >= 4 is 31.5 Å². The number of methoxy groups -OCH3 is 1. The summed E-state index contributed by atoms with van der Waals surface area (Å²) in [4.78, 5) is 35.8. The van der Waals surface area contributed by atoms with Crippen LogP contribution in [0.2, 0.25) is 0 Å². The van der Waals surface area contributed by atoms with Crippen molar-refractivity contribution in [1.82, 2.24) is 4.90 Å². The molecule has 1 rings (SSSR count). The molecule has 0 aromatic rings. The number of aliphatic carboxylic acids is 1. The van der Waals surface area contributed by atoms with Gasteiger partial charge in [0.1, 0.15) is 11.6 Å². The van der Waals surface area contributed by atoms with E-state index in [1.165, 1.54) is 12.0 Å². The Morgan fingerprint density at radius 3 is 2.29 bits per heavy atom. The van der Waals surface area contributed by atoms with Crippen LogP contribution in [0.4, 0.5) is 4.79 Å². The summed E-state index contributed by atoms with van der Waals surface area (Å²) in [6.45, 7) is 5.36. The largest absolute Gasteiger partial charge is 0.481 e. The van der Waals surface area contributed by atoms with Crippen molar-refractivity contribution in [3.05, 3.63) is 0 Å². The normalized spacial score (nSPS) is 21.4. The molecule has 0 radical (unpaired) electrons. The van der Waals surface area contributed by atoms with Crippen LogP contribution in [0, 0.1) is 5.92 Å². The zero-order chi connectivity index (χ0) is 15.5. The number of carbonyl (C=O) groups excluding carboxylic acids is 2. The molecule has 122 valence electrons. The third-order valence-corrected chi connectivity index (χ3v) is 2.95. The molecular weight excluding hydrogens is 298 g/mol. The molecular formula is C13H23NO6S. The van der Waals surface area contributed by atoms with Crippen molar-refractivity contribution in [2.24, 2.45) is 5.92 Å². The van der Waals surface area contributed by atoms with Crippen molar-refractivity contribution in [3.63, 3.8) is 0 Å². The molecule has 0 spiro atoms. The molecule has 1 aliphatic heterocycles. The van der Waals surface area contributed by atoms with Crippen molar-refractivity contribution in [2.45, 2.75) is 45.3 Å². The van der Waals surface area contributed by atoms with Crippen molar-refractivity contribution in [2.75, 3.05) is 13.7 Å². The van der Waals surface area contributed by atoms with Crippen molar-refractivity contribution in [3.8, 4) is 0 Å². The molecule has 0 aromatic carbocycles. The van der Waals surface area contributed by atoms with Crippen molar-refractivity contribution < 1.29 is 29.0 Å². The number of rotatable bonds is 3. The second-order valence-corrected chi connectivity index (χ2v) is 5.87. The second-order valence-electron chi connectivity index (χ2n) is 5.87. The SMILES string of the molecule is COC(=O)[C@@H]1CC(CC(=O)O)CN1C(=O)OC(C)(C)C.S. The Kier molecular flexibility index (Phi) is 7.02. The van der Waals surface area contributed by atoms with E-state index in [1.54, 1.807) is 20.8 Å². The van der Waals surface area contributed by atoms with Crippen LogP contribution in [0.15, 0.2) is 0 Å². The van der Waals surface area contributed by atoms with Gasteiger partial charge in [0.25, 0.3) is 0 Å². The maximum absolute atomic E-state index is 12.1. The van der Waals surface area contributed by atoms with E-state index in [1.807, 2.05) is 0 Å². The molecule has 1 aliphatic rings. The minimum atomic E-state index is -0.954. The van der Waals surface area contributed by atoms with Gasteiger partial charge >= 0.3 is 18.0 Å². The van der Waals surface area contributed by atoms with E-state index in [9.17, 15) is 14.4 Å². The fourth-order valence-corrected chi connectivity index (χ4v) is 2.20. The molecule has 1 unspecified atom stereocenters. The van der Waals surface area contributed by atoms with Gasteiger partial charge in [-0.3, -0.25) is 9.69 Å². The van der Waals surface area contributed by atoms with Crippen LogP contribution in [0.1, 0.15) is 33.6 Å². The first-order valence-corrected chi connectivity index (χ1v) is 6.43. The molecule has 0 saturated carbocycles. The number of carboxylic acid groups (broad SMARTS) is 1. The standard InChI is InChI=1S/C13H21NO6.H2S/c1-13(2,3)20-12(18)14-7-8(6-10(15)16)5-9(14)11(17)19-4;/h8-9H,5-7H2,1-4H3,(H,15,16);1H2/t8?,9-;/m0./s1. The number of amides is 1. The van der Waals surface area contributed by atoms with Gasteiger partial charge in [0, 0.05) is 13.0 Å². The molecule has 0 bridgehead atoms. The number of hydrogen-bond acceptors (Lipinski definition) is 5. The van der Waals surface area contributed by atoms with Crippen LogP contribution >= 0.6 is 13.5 Å². The van der Waals surface area contributed by atoms with E-state index in [0.29, 0.717) is 0 Å². The van der Waals surface area contributed by atoms with Gasteiger partial charge in [-0.25, -0.2) is 9.59 Å². The predicted molar refractivity (Wildman–Crippen MR) is 79.5 cm³/mol. The fraction of sp³-hybridized carbons (Fsp3) is 0.769. The van der Waals surface area contributed by atoms with E-state index in [2.05, 4.69) is 4.74 Å². The molecule has 2 atom stereocenters. The van der Waals surface area contributed by atoms with E-state index < -0.39 is 29.7 Å². The third-order valence-electron chi connectivity index (χ3n) is 2.95. The Hall–Kier alpha value is -1.44. The lowest BCUT2D eigenvalue weighted by Gasteiger charge is -2.27. The van der Waals surface area contributed by atoms with Gasteiger partial charge in [-0.05, 0) is 33.1 Å². The lowest BCUT2D eigenvalue weighted by molar-refractivity contribution is -0.146. The lowest BCUT2D eigenvalue weighted by atomic mass is 10.0. The van der Waals surface area contributed by atoms with E-state index in [-0.39, 0.29) is 38.8 Å². The maximum Gasteiger partial charge on any atom is 0.411 e. The summed E-state index contributed by atoms with van der Waals surface area (Å²) in [5, 5.41) is 8.82. The average Bonchev–Trinajstić information content (AvgIpc) is 2.68. The zero-order valence-corrected chi connectivity index (χ0v) is 13.7. The molecule has 1 N–H and O–H groups in total. The van der Waals surface area contributed by atoms with Gasteiger partial charge in [0.05, 0.1) is 7.11 Å². The predicted octanol–water partition coefficient (Wildman–Crippen LogP) is 1.37. The van der Waals surface area contributed by atoms with Crippen LogP contribution < -0.4 is 0 Å². The molecule has 1 amide bonds. The van der Waals surface area contributed by atoms with Gasteiger partial charge in [-0.15, -0.1) is 0 Å². The molecule has 0 aromatic heterocycles. The third kappa shape index (κ3) is 5.82. The monoisotopic (exact) mass is 321 g/mol. The summed E-state index contributed by atoms with van der Waals surface area (Å²) in [5.74, 6) is -1.78. The highest BCUT2D eigenvalue weighted by Crippen LogP contribution is 2.28. The minimum Gasteiger partial charge on any atom is -0.481 e. The van der Waals surface area contributed by atoms with Crippen LogP contribution in [0.25, 0.3) is 0 Å². The Bertz CT molecular complexity index is 406. The van der Waals surface area contributed by atoms with Crippen LogP contribution in [0.5, 0.6) is 0 Å². The number of nitrogens with zero attached hydrogens (tertiary/aromatic N) is 1. The average molecular weight is 321 g/mol. The molecule has 8 heteroatoms. The summed E-state index contributed by atoms with van der Waals surface area (Å²) in [5.41, 5.74) is -0.678. The number of hydrogen-bond donors (Lipinski definition) is 1. The molecule has 21 heavy (non-hydrogen) atoms. The van der Waals surface area contributed by atoms with Gasteiger partial charge in [0.2, 0.25) is 0 Å². The molecule has 1 heterocycles. The van der Waals surface area contributed by atoms with E-state index >= 15 is 0 Å². The number of esters is 1. The zero-order valence-electron chi connectivity index (χ0n) is 12.7. The maximum atomic E-state index is 12.1. The van der Waals surface area contributed by atoms with E-state index in [4.69, 9.17) is 9.84 Å². The Morgan fingerprint density at radius 1 is 1.29 bits per heavy atom. The second kappa shape index (κ2) is 7.53. The number of likely N-dealkylation sites (tertiary alicyclic amines) is 1. The Balaban J connectivity index is 0.00000400. The topological polar surface area (TPSA) is 93.1 Å². The van der Waals surface area contributed by atoms with Gasteiger partial charge in [-0.1, -0.05) is 0 Å². The first-order chi connectivity index (χ1) is 9.14. The highest BCUT2D eigenvalue weighted by atomic mass is 32.1. The summed E-state index contributed by atoms with van der Waals surface area (Å²) >= 11 is 0. The fourth-order valence-electron chi connectivity index (χ4n) is 2.20. The molecule has 0 aliphatic carbocycles. The van der Waals surface area contributed by atoms with Crippen LogP contribution in [-0.2, 0) is 19.1 Å². The molecule has 7 nitrogen and oxygen atoms in total. The van der Waals surface area contributed by atoms with Gasteiger partial charge in [-0.2, -0.15) is 13.5 Å².